The first-order valence-electron chi connectivity index (χ1n) is 4.45. The number of nitrogens with zero attached hydrogens (tertiary/aromatic N) is 2. The molecule has 0 fully saturated rings. The number of hydrogen-bond acceptors (Lipinski definition) is 3. The molecule has 0 amide bonds. The minimum absolute atomic E-state index is 0.431. The molecule has 3 heteroatoms. The molecule has 0 N–H and O–H groups in total. The number of aliphatic imine (C=N–C) groups is 1. The number of benzene rings is 1. The predicted octanol–water partition coefficient (Wildman–Crippen LogP) is 0.492. The molecule has 0 atom stereocenters. The van der Waals surface area contributed by atoms with E-state index in [1.807, 2.05) is 24.3 Å². The summed E-state index contributed by atoms with van der Waals surface area (Å²) in [6.45, 7) is 0.431. The van der Waals surface area contributed by atoms with Crippen LogP contribution in [0.15, 0.2) is 28.3 Å². The third kappa shape index (κ3) is 0.988. The molecule has 0 spiro atoms. The van der Waals surface area contributed by atoms with Gasteiger partial charge in [0.1, 0.15) is 5.36 Å². The number of rotatable bonds is 0. The van der Waals surface area contributed by atoms with Gasteiger partial charge in [-0.05, 0) is 23.4 Å². The summed E-state index contributed by atoms with van der Waals surface area (Å²) in [5.41, 5.74) is 1.07. The first-order valence-corrected chi connectivity index (χ1v) is 4.45. The summed E-state index contributed by atoms with van der Waals surface area (Å²) >= 11 is 0. The highest BCUT2D eigenvalue weighted by Gasteiger charge is 2.10. The van der Waals surface area contributed by atoms with Crippen molar-refractivity contribution in [2.24, 2.45) is 9.98 Å². The fourth-order valence-electron chi connectivity index (χ4n) is 1.65. The summed E-state index contributed by atoms with van der Waals surface area (Å²) in [6.07, 6.45) is 7.47. The molecular weight excluding hydrogens is 176 g/mol. The Balaban J connectivity index is 2.42. The monoisotopic (exact) mass is 184 g/mol. The number of ether oxygens (including phenoxy) is 1. The van der Waals surface area contributed by atoms with Crippen LogP contribution in [-0.2, 0) is 0 Å². The van der Waals surface area contributed by atoms with Crippen molar-refractivity contribution in [2.75, 3.05) is 6.73 Å². The Morgan fingerprint density at radius 2 is 2.29 bits per heavy atom. The molecule has 0 saturated carbocycles. The predicted molar refractivity (Wildman–Crippen MR) is 54.7 cm³/mol. The van der Waals surface area contributed by atoms with Gasteiger partial charge in [0, 0.05) is 18.0 Å². The van der Waals surface area contributed by atoms with E-state index in [0.717, 1.165) is 21.9 Å². The molecular formula is C11H8N2O. The van der Waals surface area contributed by atoms with E-state index in [1.165, 1.54) is 0 Å². The van der Waals surface area contributed by atoms with Gasteiger partial charge < -0.3 is 4.74 Å². The number of hydrogen-bond donors (Lipinski definition) is 0. The summed E-state index contributed by atoms with van der Waals surface area (Å²) < 4.78 is 5.46. The minimum Gasteiger partial charge on any atom is -0.468 e. The molecule has 0 bridgehead atoms. The Hall–Kier alpha value is -1.90. The van der Waals surface area contributed by atoms with Crippen molar-refractivity contribution in [3.8, 4) is 5.75 Å². The van der Waals surface area contributed by atoms with Gasteiger partial charge in [0.25, 0.3) is 0 Å². The van der Waals surface area contributed by atoms with Crippen molar-refractivity contribution < 1.29 is 4.74 Å². The maximum Gasteiger partial charge on any atom is 0.180 e. The molecule has 1 aromatic rings. The molecule has 2 aliphatic heterocycles. The zero-order valence-electron chi connectivity index (χ0n) is 7.47. The van der Waals surface area contributed by atoms with Crippen molar-refractivity contribution in [1.29, 1.82) is 0 Å². The van der Waals surface area contributed by atoms with E-state index in [0.29, 0.717) is 6.73 Å². The standard InChI is InChI=1S/C11H8N2O/c1-2-10-11(14-7-13-10)9-4-6-12-5-3-8(1)9/h1-6H,7H2. The van der Waals surface area contributed by atoms with Crippen molar-refractivity contribution >= 4 is 18.4 Å². The lowest BCUT2D eigenvalue weighted by Crippen LogP contribution is -2.13. The number of fused-ring (bicyclic) bond motifs is 3. The van der Waals surface area contributed by atoms with Crippen LogP contribution in [0.25, 0.3) is 12.2 Å². The van der Waals surface area contributed by atoms with Gasteiger partial charge in [-0.3, -0.25) is 4.99 Å². The topological polar surface area (TPSA) is 34.0 Å². The van der Waals surface area contributed by atoms with E-state index < -0.39 is 0 Å². The first-order chi connectivity index (χ1) is 6.95. The summed E-state index contributed by atoms with van der Waals surface area (Å²) in [7, 11) is 0. The van der Waals surface area contributed by atoms with Crippen molar-refractivity contribution in [3.63, 3.8) is 0 Å². The summed E-state index contributed by atoms with van der Waals surface area (Å²) in [5.74, 6) is 0.875. The molecule has 3 rings (SSSR count). The zero-order valence-corrected chi connectivity index (χ0v) is 7.47. The van der Waals surface area contributed by atoms with Crippen LogP contribution >= 0.6 is 0 Å². The third-order valence-corrected chi connectivity index (χ3v) is 2.32. The van der Waals surface area contributed by atoms with Crippen LogP contribution in [0.2, 0.25) is 0 Å². The molecule has 0 unspecified atom stereocenters. The zero-order chi connectivity index (χ0) is 9.38. The van der Waals surface area contributed by atoms with Crippen molar-refractivity contribution in [1.82, 2.24) is 0 Å². The molecule has 2 aliphatic rings. The van der Waals surface area contributed by atoms with Gasteiger partial charge in [-0.1, -0.05) is 6.07 Å². The highest BCUT2D eigenvalue weighted by molar-refractivity contribution is 5.93. The fraction of sp³-hybridized carbons (Fsp3) is 0.0909. The van der Waals surface area contributed by atoms with Gasteiger partial charge in [0.05, 0.1) is 0 Å². The Morgan fingerprint density at radius 3 is 3.29 bits per heavy atom. The van der Waals surface area contributed by atoms with Gasteiger partial charge in [0.15, 0.2) is 12.5 Å². The minimum atomic E-state index is 0.431. The lowest BCUT2D eigenvalue weighted by Gasteiger charge is -2.01. The first kappa shape index (κ1) is 7.50. The van der Waals surface area contributed by atoms with E-state index in [-0.39, 0.29) is 0 Å². The lowest BCUT2D eigenvalue weighted by atomic mass is 10.1. The van der Waals surface area contributed by atoms with Crippen LogP contribution in [0.1, 0.15) is 5.56 Å². The second-order valence-corrected chi connectivity index (χ2v) is 3.13. The molecule has 68 valence electrons. The molecule has 1 aromatic carbocycles. The largest absolute Gasteiger partial charge is 0.468 e. The summed E-state index contributed by atoms with van der Waals surface area (Å²) in [4.78, 5) is 8.29. The van der Waals surface area contributed by atoms with E-state index in [9.17, 15) is 0 Å². The second kappa shape index (κ2) is 2.80. The molecule has 3 nitrogen and oxygen atoms in total. The average molecular weight is 184 g/mol. The van der Waals surface area contributed by atoms with Gasteiger partial charge in [-0.2, -0.15) is 0 Å². The molecule has 14 heavy (non-hydrogen) atoms. The van der Waals surface area contributed by atoms with Crippen molar-refractivity contribution in [2.45, 2.75) is 0 Å². The highest BCUT2D eigenvalue weighted by atomic mass is 16.5. The Morgan fingerprint density at radius 1 is 1.29 bits per heavy atom. The van der Waals surface area contributed by atoms with E-state index in [4.69, 9.17) is 4.74 Å². The maximum absolute atomic E-state index is 5.46. The molecule has 0 saturated heterocycles. The second-order valence-electron chi connectivity index (χ2n) is 3.13. The van der Waals surface area contributed by atoms with Crippen LogP contribution in [0, 0.1) is 0 Å². The van der Waals surface area contributed by atoms with Crippen LogP contribution < -0.4 is 15.3 Å². The highest BCUT2D eigenvalue weighted by Crippen LogP contribution is 2.14. The van der Waals surface area contributed by atoms with Crippen LogP contribution in [0.3, 0.4) is 0 Å². The third-order valence-electron chi connectivity index (χ3n) is 2.32. The summed E-state index contributed by atoms with van der Waals surface area (Å²) in [5, 5.41) is 2.06. The molecule has 2 heterocycles. The lowest BCUT2D eigenvalue weighted by molar-refractivity contribution is 0.351. The SMILES string of the molecule is C1=Cc2c3c(ccc2=CC=N1)=NCO3. The fourth-order valence-corrected chi connectivity index (χ4v) is 1.65. The van der Waals surface area contributed by atoms with Crippen LogP contribution in [0.5, 0.6) is 5.75 Å². The van der Waals surface area contributed by atoms with E-state index >= 15 is 0 Å². The van der Waals surface area contributed by atoms with Crippen LogP contribution in [0.4, 0.5) is 0 Å². The van der Waals surface area contributed by atoms with Gasteiger partial charge in [-0.25, -0.2) is 4.99 Å². The molecule has 0 radical (unpaired) electrons. The Bertz CT molecular complexity index is 555. The molecule has 0 aliphatic carbocycles. The van der Waals surface area contributed by atoms with Gasteiger partial charge in [-0.15, -0.1) is 0 Å². The Kier molecular flexibility index (Phi) is 1.50. The van der Waals surface area contributed by atoms with Crippen molar-refractivity contribution in [3.05, 3.63) is 34.5 Å². The van der Waals surface area contributed by atoms with E-state index in [2.05, 4.69) is 9.98 Å². The van der Waals surface area contributed by atoms with E-state index in [1.54, 1.807) is 12.4 Å². The Labute approximate surface area is 80.8 Å². The summed E-state index contributed by atoms with van der Waals surface area (Å²) in [6, 6.07) is 4.01. The maximum atomic E-state index is 5.46. The average Bonchev–Trinajstić information content (AvgIpc) is 2.55. The van der Waals surface area contributed by atoms with Crippen LogP contribution in [-0.4, -0.2) is 12.9 Å². The quantitative estimate of drug-likeness (QED) is 0.577. The molecule has 0 aromatic heterocycles. The van der Waals surface area contributed by atoms with Gasteiger partial charge in [0.2, 0.25) is 0 Å². The van der Waals surface area contributed by atoms with Gasteiger partial charge >= 0.3 is 0 Å². The normalized spacial score (nSPS) is 16.0. The smallest absolute Gasteiger partial charge is 0.180 e.